The van der Waals surface area contributed by atoms with E-state index in [2.05, 4.69) is 21.9 Å². The second-order valence-electron chi connectivity index (χ2n) is 7.01. The van der Waals surface area contributed by atoms with Gasteiger partial charge in [-0.1, -0.05) is 30.3 Å². The average Bonchev–Trinajstić information content (AvgIpc) is 2.87. The zero-order valence-corrected chi connectivity index (χ0v) is 14.7. The van der Waals surface area contributed by atoms with E-state index in [4.69, 9.17) is 4.74 Å². The molecule has 1 amide bonds. The molecular weight excluding hydrogens is 300 g/mol. The second kappa shape index (κ2) is 9.19. The Balaban J connectivity index is 1.41. The van der Waals surface area contributed by atoms with Gasteiger partial charge < -0.3 is 9.64 Å². The molecule has 2 heterocycles. The summed E-state index contributed by atoms with van der Waals surface area (Å²) in [6.45, 7) is 5.78. The molecule has 0 N–H and O–H groups in total. The van der Waals surface area contributed by atoms with Gasteiger partial charge >= 0.3 is 0 Å². The third-order valence-electron chi connectivity index (χ3n) is 5.15. The largest absolute Gasteiger partial charge is 0.377 e. The first-order valence-electron chi connectivity index (χ1n) is 9.47. The molecule has 1 aromatic rings. The smallest absolute Gasteiger partial charge is 0.222 e. The maximum Gasteiger partial charge on any atom is 0.222 e. The van der Waals surface area contributed by atoms with Gasteiger partial charge in [-0.3, -0.25) is 9.69 Å². The number of aryl methyl sites for hydroxylation is 1. The van der Waals surface area contributed by atoms with E-state index >= 15 is 0 Å². The van der Waals surface area contributed by atoms with Crippen LogP contribution in [0.5, 0.6) is 0 Å². The monoisotopic (exact) mass is 330 g/mol. The lowest BCUT2D eigenvalue weighted by Gasteiger charge is -2.29. The Morgan fingerprint density at radius 3 is 2.71 bits per heavy atom. The van der Waals surface area contributed by atoms with Crippen LogP contribution in [0.3, 0.4) is 0 Å². The van der Waals surface area contributed by atoms with E-state index in [1.807, 2.05) is 18.2 Å². The molecule has 2 aliphatic heterocycles. The number of benzene rings is 1. The van der Waals surface area contributed by atoms with Gasteiger partial charge in [0.2, 0.25) is 5.91 Å². The Morgan fingerprint density at radius 2 is 1.92 bits per heavy atom. The van der Waals surface area contributed by atoms with Crippen LogP contribution in [0, 0.1) is 0 Å². The van der Waals surface area contributed by atoms with Crippen LogP contribution < -0.4 is 0 Å². The minimum absolute atomic E-state index is 0.301. The van der Waals surface area contributed by atoms with Crippen LogP contribution in [0.25, 0.3) is 0 Å². The minimum Gasteiger partial charge on any atom is -0.377 e. The Bertz CT molecular complexity index is 500. The molecule has 1 aromatic carbocycles. The fourth-order valence-electron chi connectivity index (χ4n) is 3.70. The van der Waals surface area contributed by atoms with Crippen LogP contribution in [0.4, 0.5) is 0 Å². The van der Waals surface area contributed by atoms with Crippen molar-refractivity contribution in [2.24, 2.45) is 0 Å². The van der Waals surface area contributed by atoms with Crippen LogP contribution in [0.1, 0.15) is 37.7 Å². The predicted molar refractivity (Wildman–Crippen MR) is 96.0 cm³/mol. The summed E-state index contributed by atoms with van der Waals surface area (Å²) in [5.41, 5.74) is 1.25. The van der Waals surface area contributed by atoms with Crippen molar-refractivity contribution in [1.29, 1.82) is 0 Å². The molecule has 24 heavy (non-hydrogen) atoms. The van der Waals surface area contributed by atoms with Crippen molar-refractivity contribution in [2.45, 2.75) is 44.6 Å². The van der Waals surface area contributed by atoms with E-state index in [0.717, 1.165) is 52.2 Å². The van der Waals surface area contributed by atoms with Crippen molar-refractivity contribution in [3.63, 3.8) is 0 Å². The first-order chi connectivity index (χ1) is 11.8. The Kier molecular flexibility index (Phi) is 6.67. The maximum absolute atomic E-state index is 12.5. The first-order valence-corrected chi connectivity index (χ1v) is 9.47. The van der Waals surface area contributed by atoms with Crippen molar-refractivity contribution in [2.75, 3.05) is 39.3 Å². The van der Waals surface area contributed by atoms with Gasteiger partial charge in [-0.25, -0.2) is 0 Å². The third-order valence-corrected chi connectivity index (χ3v) is 5.15. The lowest BCUT2D eigenvalue weighted by molar-refractivity contribution is -0.131. The van der Waals surface area contributed by atoms with Gasteiger partial charge in [0.15, 0.2) is 0 Å². The number of amides is 1. The molecule has 0 saturated carbocycles. The summed E-state index contributed by atoms with van der Waals surface area (Å²) in [4.78, 5) is 17.1. The summed E-state index contributed by atoms with van der Waals surface area (Å²) in [5.74, 6) is 0.301. The molecule has 1 unspecified atom stereocenters. The highest BCUT2D eigenvalue weighted by Crippen LogP contribution is 2.15. The highest BCUT2D eigenvalue weighted by atomic mass is 16.5. The van der Waals surface area contributed by atoms with Crippen molar-refractivity contribution >= 4 is 5.91 Å². The van der Waals surface area contributed by atoms with E-state index in [-0.39, 0.29) is 0 Å². The Morgan fingerprint density at radius 1 is 1.04 bits per heavy atom. The van der Waals surface area contributed by atoms with E-state index < -0.39 is 0 Å². The molecule has 2 fully saturated rings. The molecule has 132 valence electrons. The molecular formula is C20H30N2O2. The Labute approximate surface area is 145 Å². The van der Waals surface area contributed by atoms with Gasteiger partial charge in [-0.15, -0.1) is 0 Å². The zero-order chi connectivity index (χ0) is 16.6. The summed E-state index contributed by atoms with van der Waals surface area (Å²) >= 11 is 0. The number of rotatable bonds is 5. The normalized spacial score (nSPS) is 23.0. The molecule has 0 radical (unpaired) electrons. The van der Waals surface area contributed by atoms with Crippen LogP contribution in [-0.2, 0) is 16.0 Å². The van der Waals surface area contributed by atoms with Crippen LogP contribution in [-0.4, -0.2) is 61.1 Å². The molecule has 0 bridgehead atoms. The first kappa shape index (κ1) is 17.4. The van der Waals surface area contributed by atoms with Gasteiger partial charge in [-0.2, -0.15) is 0 Å². The highest BCUT2D eigenvalue weighted by molar-refractivity contribution is 5.76. The molecule has 2 aliphatic rings. The number of hydrogen-bond acceptors (Lipinski definition) is 3. The molecule has 4 nitrogen and oxygen atoms in total. The number of carbonyl (C=O) groups excluding carboxylic acids is 1. The fourth-order valence-corrected chi connectivity index (χ4v) is 3.70. The van der Waals surface area contributed by atoms with E-state index in [0.29, 0.717) is 18.4 Å². The van der Waals surface area contributed by atoms with Crippen molar-refractivity contribution in [3.8, 4) is 0 Å². The van der Waals surface area contributed by atoms with Crippen molar-refractivity contribution in [3.05, 3.63) is 35.9 Å². The highest BCUT2D eigenvalue weighted by Gasteiger charge is 2.22. The molecule has 1 atom stereocenters. The predicted octanol–water partition coefficient (Wildman–Crippen LogP) is 2.72. The molecule has 3 rings (SSSR count). The number of hydrogen-bond donors (Lipinski definition) is 0. The summed E-state index contributed by atoms with van der Waals surface area (Å²) in [6, 6.07) is 10.3. The van der Waals surface area contributed by atoms with Gasteiger partial charge in [0.1, 0.15) is 0 Å². The molecule has 2 saturated heterocycles. The van der Waals surface area contributed by atoms with Crippen molar-refractivity contribution < 1.29 is 9.53 Å². The lowest BCUT2D eigenvalue weighted by atomic mass is 10.1. The quantitative estimate of drug-likeness (QED) is 0.832. The van der Waals surface area contributed by atoms with Gasteiger partial charge in [0.25, 0.3) is 0 Å². The second-order valence-corrected chi connectivity index (χ2v) is 7.01. The SMILES string of the molecule is O=C(CCc1ccccc1)N1CCCN(CC2CCCCO2)CC1. The molecule has 0 aliphatic carbocycles. The zero-order valence-electron chi connectivity index (χ0n) is 14.7. The van der Waals surface area contributed by atoms with Crippen molar-refractivity contribution in [1.82, 2.24) is 9.80 Å². The number of nitrogens with zero attached hydrogens (tertiary/aromatic N) is 2. The van der Waals surface area contributed by atoms with E-state index in [9.17, 15) is 4.79 Å². The Hall–Kier alpha value is -1.39. The summed E-state index contributed by atoms with van der Waals surface area (Å²) < 4.78 is 5.86. The topological polar surface area (TPSA) is 32.8 Å². The third kappa shape index (κ3) is 5.32. The van der Waals surface area contributed by atoms with Gasteiger partial charge in [0.05, 0.1) is 6.10 Å². The minimum atomic E-state index is 0.301. The van der Waals surface area contributed by atoms with Crippen LogP contribution in [0.15, 0.2) is 30.3 Å². The van der Waals surface area contributed by atoms with Crippen LogP contribution >= 0.6 is 0 Å². The van der Waals surface area contributed by atoms with E-state index in [1.54, 1.807) is 0 Å². The molecule has 0 aromatic heterocycles. The summed E-state index contributed by atoms with van der Waals surface area (Å²) in [5, 5.41) is 0. The standard InChI is InChI=1S/C20H30N2O2/c23-20(11-10-18-7-2-1-3-8-18)22-13-6-12-21(14-15-22)17-19-9-4-5-16-24-19/h1-3,7-8,19H,4-6,9-17H2. The molecule has 4 heteroatoms. The van der Waals surface area contributed by atoms with E-state index in [1.165, 1.54) is 24.8 Å². The summed E-state index contributed by atoms with van der Waals surface area (Å²) in [6.07, 6.45) is 6.63. The maximum atomic E-state index is 12.5. The van der Waals surface area contributed by atoms with Gasteiger partial charge in [-0.05, 0) is 44.2 Å². The van der Waals surface area contributed by atoms with Gasteiger partial charge in [0, 0.05) is 39.2 Å². The molecule has 0 spiro atoms. The lowest BCUT2D eigenvalue weighted by Crippen LogP contribution is -2.39. The average molecular weight is 330 g/mol. The summed E-state index contributed by atoms with van der Waals surface area (Å²) in [7, 11) is 0. The number of carbonyl (C=O) groups is 1. The number of ether oxygens (including phenoxy) is 1. The fraction of sp³-hybridized carbons (Fsp3) is 0.650. The van der Waals surface area contributed by atoms with Crippen LogP contribution in [0.2, 0.25) is 0 Å².